The zero-order chi connectivity index (χ0) is 27.4. The molecule has 1 fully saturated rings. The number of aliphatic hydroxyl groups is 1. The smallest absolute Gasteiger partial charge is 0.251 e. The second kappa shape index (κ2) is 12.3. The largest absolute Gasteiger partial charge is 0.392 e. The van der Waals surface area contributed by atoms with Gasteiger partial charge in [-0.2, -0.15) is 0 Å². The summed E-state index contributed by atoms with van der Waals surface area (Å²) in [6.45, 7) is 2.92. The topological polar surface area (TPSA) is 85.6 Å². The van der Waals surface area contributed by atoms with Gasteiger partial charge in [0.15, 0.2) is 11.4 Å². The molecule has 2 N–H and O–H groups in total. The summed E-state index contributed by atoms with van der Waals surface area (Å²) in [5.74, 6) is -0.144. The van der Waals surface area contributed by atoms with Crippen molar-refractivity contribution >= 4 is 29.1 Å². The maximum Gasteiger partial charge on any atom is 0.251 e. The summed E-state index contributed by atoms with van der Waals surface area (Å²) in [5.41, 5.74) is 4.27. The van der Waals surface area contributed by atoms with Crippen molar-refractivity contribution in [3.63, 3.8) is 0 Å². The average molecular weight is 566 g/mol. The molecule has 0 bridgehead atoms. The van der Waals surface area contributed by atoms with E-state index in [2.05, 4.69) is 17.2 Å². The van der Waals surface area contributed by atoms with E-state index in [9.17, 15) is 9.90 Å². The van der Waals surface area contributed by atoms with Gasteiger partial charge in [0, 0.05) is 23.6 Å². The van der Waals surface area contributed by atoms with Crippen LogP contribution in [0.4, 0.5) is 0 Å². The highest BCUT2D eigenvalue weighted by atomic mass is 35.5. The molecular weight excluding hydrogens is 537 g/mol. The lowest BCUT2D eigenvalue weighted by Crippen LogP contribution is -2.39. The maximum atomic E-state index is 12.4. The van der Waals surface area contributed by atoms with E-state index in [0.29, 0.717) is 23.8 Å². The van der Waals surface area contributed by atoms with Crippen molar-refractivity contribution in [1.82, 2.24) is 14.9 Å². The summed E-state index contributed by atoms with van der Waals surface area (Å²) in [4.78, 5) is 16.5. The molecule has 4 aromatic rings. The van der Waals surface area contributed by atoms with Crippen LogP contribution in [-0.2, 0) is 29.2 Å². The highest BCUT2D eigenvalue weighted by molar-refractivity contribution is 6.40. The van der Waals surface area contributed by atoms with Crippen molar-refractivity contribution in [3.8, 4) is 0 Å². The van der Waals surface area contributed by atoms with Crippen LogP contribution >= 0.6 is 23.2 Å². The number of halogens is 2. The molecule has 5 rings (SSSR count). The minimum Gasteiger partial charge on any atom is -0.392 e. The number of carbonyl (C=O) groups is 1. The Morgan fingerprint density at radius 2 is 1.62 bits per heavy atom. The first kappa shape index (κ1) is 27.4. The summed E-state index contributed by atoms with van der Waals surface area (Å²) in [6.07, 6.45) is 0.469. The van der Waals surface area contributed by atoms with Gasteiger partial charge >= 0.3 is 0 Å². The van der Waals surface area contributed by atoms with Crippen LogP contribution in [0.15, 0.2) is 85.2 Å². The van der Waals surface area contributed by atoms with E-state index in [4.69, 9.17) is 32.7 Å². The second-order valence-electron chi connectivity index (χ2n) is 9.59. The van der Waals surface area contributed by atoms with Crippen LogP contribution in [0.3, 0.4) is 0 Å². The third-order valence-electron chi connectivity index (χ3n) is 6.97. The Balaban J connectivity index is 1.34. The fraction of sp³-hybridized carbons (Fsp3) is 0.267. The molecular formula is C30H29Cl2N3O4. The van der Waals surface area contributed by atoms with Crippen molar-refractivity contribution < 1.29 is 19.4 Å². The Morgan fingerprint density at radius 3 is 2.26 bits per heavy atom. The van der Waals surface area contributed by atoms with E-state index in [1.165, 1.54) is 0 Å². The number of hydrogen-bond donors (Lipinski definition) is 2. The molecule has 1 aliphatic heterocycles. The van der Waals surface area contributed by atoms with Crippen LogP contribution in [0.5, 0.6) is 0 Å². The van der Waals surface area contributed by atoms with E-state index in [1.54, 1.807) is 23.0 Å². The number of carbonyl (C=O) groups excluding carboxylic acids is 1. The zero-order valence-corrected chi connectivity index (χ0v) is 22.8. The molecule has 0 radical (unpaired) electrons. The van der Waals surface area contributed by atoms with Gasteiger partial charge in [0.1, 0.15) is 5.15 Å². The summed E-state index contributed by atoms with van der Waals surface area (Å²) in [7, 11) is 0. The molecule has 9 heteroatoms. The van der Waals surface area contributed by atoms with Crippen LogP contribution in [0.2, 0.25) is 10.3 Å². The lowest BCUT2D eigenvalue weighted by molar-refractivity contribution is -0.276. The minimum absolute atomic E-state index is 0.0201. The summed E-state index contributed by atoms with van der Waals surface area (Å²) in [5, 5.41) is 13.0. The van der Waals surface area contributed by atoms with Crippen LogP contribution in [0.1, 0.15) is 51.9 Å². The van der Waals surface area contributed by atoms with Gasteiger partial charge < -0.3 is 24.5 Å². The Kier molecular flexibility index (Phi) is 8.65. The lowest BCUT2D eigenvalue weighted by atomic mass is 9.90. The van der Waals surface area contributed by atoms with Crippen LogP contribution in [-0.4, -0.2) is 26.7 Å². The van der Waals surface area contributed by atoms with Crippen molar-refractivity contribution in [3.05, 3.63) is 123 Å². The van der Waals surface area contributed by atoms with Gasteiger partial charge in [-0.15, -0.1) is 0 Å². The third kappa shape index (κ3) is 6.35. The van der Waals surface area contributed by atoms with Crippen LogP contribution in [0.25, 0.3) is 0 Å². The van der Waals surface area contributed by atoms with E-state index in [0.717, 1.165) is 22.3 Å². The number of amides is 1. The lowest BCUT2D eigenvalue weighted by Gasteiger charge is -2.41. The number of rotatable bonds is 8. The number of imidazole rings is 1. The molecule has 1 amide bonds. The molecule has 3 aromatic carbocycles. The van der Waals surface area contributed by atoms with Crippen LogP contribution < -0.4 is 5.32 Å². The number of ether oxygens (including phenoxy) is 2. The van der Waals surface area contributed by atoms with Gasteiger partial charge in [0.25, 0.3) is 5.91 Å². The van der Waals surface area contributed by atoms with Gasteiger partial charge in [-0.3, -0.25) is 4.79 Å². The number of hydrogen-bond acceptors (Lipinski definition) is 5. The highest BCUT2D eigenvalue weighted by Gasteiger charge is 2.38. The zero-order valence-electron chi connectivity index (χ0n) is 21.3. The summed E-state index contributed by atoms with van der Waals surface area (Å²) >= 11 is 12.4. The molecule has 1 saturated heterocycles. The van der Waals surface area contributed by atoms with Crippen molar-refractivity contribution in [2.45, 2.75) is 45.1 Å². The summed E-state index contributed by atoms with van der Waals surface area (Å²) in [6, 6.07) is 24.7. The molecule has 1 aromatic heterocycles. The molecule has 1 aliphatic rings. The fourth-order valence-electron chi connectivity index (χ4n) is 4.66. The quantitative estimate of drug-likeness (QED) is 0.269. The third-order valence-corrected chi connectivity index (χ3v) is 7.74. The van der Waals surface area contributed by atoms with E-state index < -0.39 is 6.29 Å². The van der Waals surface area contributed by atoms with E-state index >= 15 is 0 Å². The van der Waals surface area contributed by atoms with Crippen LogP contribution in [0, 0.1) is 5.92 Å². The van der Waals surface area contributed by atoms with Gasteiger partial charge in [-0.25, -0.2) is 4.98 Å². The first-order valence-corrected chi connectivity index (χ1v) is 13.5. The van der Waals surface area contributed by atoms with Gasteiger partial charge in [0.05, 0.1) is 31.7 Å². The van der Waals surface area contributed by atoms with Crippen molar-refractivity contribution in [2.75, 3.05) is 0 Å². The molecule has 202 valence electrons. The van der Waals surface area contributed by atoms with Crippen molar-refractivity contribution in [2.24, 2.45) is 5.92 Å². The van der Waals surface area contributed by atoms with Gasteiger partial charge in [-0.05, 0) is 28.8 Å². The Morgan fingerprint density at radius 1 is 0.949 bits per heavy atom. The van der Waals surface area contributed by atoms with Gasteiger partial charge in [0.2, 0.25) is 0 Å². The molecule has 4 atom stereocenters. The number of nitrogens with zero attached hydrogens (tertiary/aromatic N) is 2. The standard InChI is InChI=1S/C30H29Cl2N3O4/c1-19-25(16-35-18-34-27(31)28(35)32)38-30(39-26(19)22-11-9-21(17-36)10-12-22)24-13-7-20(8-14-24)15-33-29(37)23-5-3-2-4-6-23/h2-14,18-19,25-26,30,36H,15-17H2,1H3,(H,33,37). The molecule has 7 nitrogen and oxygen atoms in total. The first-order chi connectivity index (χ1) is 18.9. The maximum absolute atomic E-state index is 12.4. The van der Waals surface area contributed by atoms with E-state index in [1.807, 2.05) is 66.7 Å². The molecule has 0 aliphatic carbocycles. The van der Waals surface area contributed by atoms with Crippen molar-refractivity contribution in [1.29, 1.82) is 0 Å². The van der Waals surface area contributed by atoms with Gasteiger partial charge in [-0.1, -0.05) is 96.9 Å². The predicted molar refractivity (Wildman–Crippen MR) is 149 cm³/mol. The Hall–Kier alpha value is -3.20. The Labute approximate surface area is 237 Å². The Bertz CT molecular complexity index is 1390. The normalized spacial score (nSPS) is 21.0. The molecule has 0 saturated carbocycles. The molecule has 4 unspecified atom stereocenters. The summed E-state index contributed by atoms with van der Waals surface area (Å²) < 4.78 is 14.7. The monoisotopic (exact) mass is 565 g/mol. The predicted octanol–water partition coefficient (Wildman–Crippen LogP) is 6.10. The fourth-order valence-corrected chi connectivity index (χ4v) is 4.97. The number of benzene rings is 3. The molecule has 39 heavy (non-hydrogen) atoms. The SMILES string of the molecule is CC1C(Cn2cnc(Cl)c2Cl)OC(c2ccc(CNC(=O)c3ccccc3)cc2)OC1c1ccc(CO)cc1. The minimum atomic E-state index is -0.626. The highest BCUT2D eigenvalue weighted by Crippen LogP contribution is 2.42. The molecule has 0 spiro atoms. The van der Waals surface area contributed by atoms with E-state index in [-0.39, 0.29) is 35.8 Å². The number of nitrogens with one attached hydrogen (secondary N) is 1. The number of aliphatic hydroxyl groups excluding tert-OH is 1. The average Bonchev–Trinajstić information content (AvgIpc) is 3.30. The molecule has 2 heterocycles. The first-order valence-electron chi connectivity index (χ1n) is 12.7. The second-order valence-corrected chi connectivity index (χ2v) is 10.3. The number of aromatic nitrogens is 2.